The minimum atomic E-state index is -1.24. The number of morpholine rings is 2. The summed E-state index contributed by atoms with van der Waals surface area (Å²) in [7, 11) is 0. The molecule has 2 saturated heterocycles. The standard InChI is InChI=1S/C31H31F2N9O4/c32-23-9-10-24(26(34)25(23)33)37-28(43)20-3-7-22(8-4-20)36-31(44)35-21-5-1-19(2-6-21)27-38-29(41-11-15-45-16-12-41)40-30(39-27)42-13-17-46-18-14-42/h1-10H,11-18,34H2,(H,37,43)(H2,35,36,44). The molecule has 13 nitrogen and oxygen atoms in total. The molecule has 2 aliphatic rings. The molecule has 4 aromatic rings. The van der Waals surface area contributed by atoms with Crippen LogP contribution in [0.5, 0.6) is 0 Å². The number of nitrogens with zero attached hydrogens (tertiary/aromatic N) is 5. The number of nitrogens with two attached hydrogens (primary N) is 1. The van der Waals surface area contributed by atoms with E-state index < -0.39 is 29.3 Å². The van der Waals surface area contributed by atoms with E-state index in [9.17, 15) is 18.4 Å². The maximum absolute atomic E-state index is 13.7. The lowest BCUT2D eigenvalue weighted by Crippen LogP contribution is -2.40. The summed E-state index contributed by atoms with van der Waals surface area (Å²) in [6.07, 6.45) is 0. The van der Waals surface area contributed by atoms with Crippen LogP contribution in [0.25, 0.3) is 11.4 Å². The molecule has 3 heterocycles. The number of urea groups is 1. The molecule has 15 heteroatoms. The number of rotatable bonds is 7. The molecule has 2 fully saturated rings. The van der Waals surface area contributed by atoms with Gasteiger partial charge < -0.3 is 41.0 Å². The summed E-state index contributed by atoms with van der Waals surface area (Å²) in [6.45, 7) is 5.16. The quantitative estimate of drug-likeness (QED) is 0.220. The van der Waals surface area contributed by atoms with E-state index in [1.807, 2.05) is 12.1 Å². The van der Waals surface area contributed by atoms with Crippen LogP contribution < -0.4 is 31.5 Å². The number of carbonyl (C=O) groups excluding carboxylic acids is 2. The Morgan fingerprint density at radius 2 is 1.22 bits per heavy atom. The number of hydrogen-bond acceptors (Lipinski definition) is 10. The highest BCUT2D eigenvalue weighted by atomic mass is 19.2. The number of ether oxygens (including phenoxy) is 2. The van der Waals surface area contributed by atoms with E-state index in [4.69, 9.17) is 30.2 Å². The Morgan fingerprint density at radius 3 is 1.76 bits per heavy atom. The van der Waals surface area contributed by atoms with Crippen molar-refractivity contribution in [2.45, 2.75) is 0 Å². The first-order valence-electron chi connectivity index (χ1n) is 14.6. The molecule has 0 radical (unpaired) electrons. The van der Waals surface area contributed by atoms with Crippen molar-refractivity contribution >= 4 is 46.6 Å². The van der Waals surface area contributed by atoms with Gasteiger partial charge in [-0.2, -0.15) is 15.0 Å². The van der Waals surface area contributed by atoms with Crippen LogP contribution in [-0.4, -0.2) is 79.5 Å². The Labute approximate surface area is 262 Å². The number of amides is 3. The van der Waals surface area contributed by atoms with E-state index in [2.05, 4.69) is 25.8 Å². The highest BCUT2D eigenvalue weighted by molar-refractivity contribution is 6.06. The van der Waals surface area contributed by atoms with Crippen molar-refractivity contribution < 1.29 is 27.8 Å². The molecule has 2 aliphatic heterocycles. The summed E-state index contributed by atoms with van der Waals surface area (Å²) < 4.78 is 38.0. The number of anilines is 6. The van der Waals surface area contributed by atoms with Crippen LogP contribution in [0.1, 0.15) is 10.4 Å². The van der Waals surface area contributed by atoms with E-state index in [1.54, 1.807) is 12.1 Å². The third-order valence-corrected chi connectivity index (χ3v) is 7.39. The molecule has 0 spiro atoms. The van der Waals surface area contributed by atoms with Gasteiger partial charge in [0.1, 0.15) is 0 Å². The van der Waals surface area contributed by atoms with Gasteiger partial charge in [-0.1, -0.05) is 0 Å². The molecule has 46 heavy (non-hydrogen) atoms. The molecule has 1 aromatic heterocycles. The largest absolute Gasteiger partial charge is 0.395 e. The first kappa shape index (κ1) is 30.6. The Hall–Kier alpha value is -5.41. The van der Waals surface area contributed by atoms with Crippen LogP contribution in [0.3, 0.4) is 0 Å². The second-order valence-corrected chi connectivity index (χ2v) is 10.5. The molecular formula is C31H31F2N9O4. The van der Waals surface area contributed by atoms with Crippen LogP contribution in [0.15, 0.2) is 60.7 Å². The SMILES string of the molecule is Nc1c(NC(=O)c2ccc(NC(=O)Nc3ccc(-c4nc(N5CCOCC5)nc(N5CCOCC5)n4)cc3)cc2)ccc(F)c1F. The molecule has 3 aromatic carbocycles. The number of nitrogens with one attached hydrogen (secondary N) is 3. The third-order valence-electron chi connectivity index (χ3n) is 7.39. The van der Waals surface area contributed by atoms with Gasteiger partial charge in [-0.25, -0.2) is 13.6 Å². The minimum Gasteiger partial charge on any atom is -0.395 e. The van der Waals surface area contributed by atoms with Crippen molar-refractivity contribution in [2.24, 2.45) is 0 Å². The predicted octanol–water partition coefficient (Wildman–Crippen LogP) is 3.97. The Bertz CT molecular complexity index is 1680. The molecule has 238 valence electrons. The number of benzene rings is 3. The van der Waals surface area contributed by atoms with E-state index >= 15 is 0 Å². The van der Waals surface area contributed by atoms with Gasteiger partial charge in [0.05, 0.1) is 37.8 Å². The fourth-order valence-corrected chi connectivity index (χ4v) is 4.86. The number of halogens is 2. The molecule has 0 atom stereocenters. The first-order valence-corrected chi connectivity index (χ1v) is 14.6. The van der Waals surface area contributed by atoms with Gasteiger partial charge >= 0.3 is 6.03 Å². The summed E-state index contributed by atoms with van der Waals surface area (Å²) in [5, 5.41) is 7.93. The van der Waals surface area contributed by atoms with Crippen LogP contribution >= 0.6 is 0 Å². The zero-order chi connectivity index (χ0) is 32.0. The highest BCUT2D eigenvalue weighted by Gasteiger charge is 2.21. The molecule has 0 unspecified atom stereocenters. The van der Waals surface area contributed by atoms with Crippen molar-refractivity contribution in [1.82, 2.24) is 15.0 Å². The summed E-state index contributed by atoms with van der Waals surface area (Å²) in [6, 6.07) is 14.7. The van der Waals surface area contributed by atoms with Crippen molar-refractivity contribution in [2.75, 3.05) is 84.1 Å². The molecule has 0 aliphatic carbocycles. The van der Waals surface area contributed by atoms with Gasteiger partial charge in [-0.15, -0.1) is 0 Å². The van der Waals surface area contributed by atoms with Crippen LogP contribution in [0, 0.1) is 11.6 Å². The number of aromatic nitrogens is 3. The fourth-order valence-electron chi connectivity index (χ4n) is 4.86. The van der Waals surface area contributed by atoms with Crippen LogP contribution in [0.2, 0.25) is 0 Å². The Balaban J connectivity index is 1.09. The molecule has 0 saturated carbocycles. The van der Waals surface area contributed by atoms with Gasteiger partial charge in [-0.05, 0) is 60.7 Å². The van der Waals surface area contributed by atoms with Crippen molar-refractivity contribution in [3.05, 3.63) is 77.9 Å². The highest BCUT2D eigenvalue weighted by Crippen LogP contribution is 2.26. The fraction of sp³-hybridized carbons (Fsp3) is 0.258. The van der Waals surface area contributed by atoms with Crippen LogP contribution in [0.4, 0.5) is 48.2 Å². The Morgan fingerprint density at radius 1 is 0.696 bits per heavy atom. The third kappa shape index (κ3) is 7.11. The van der Waals surface area contributed by atoms with Crippen molar-refractivity contribution in [3.63, 3.8) is 0 Å². The predicted molar refractivity (Wildman–Crippen MR) is 169 cm³/mol. The summed E-state index contributed by atoms with van der Waals surface area (Å²) >= 11 is 0. The number of hydrogen-bond donors (Lipinski definition) is 4. The summed E-state index contributed by atoms with van der Waals surface area (Å²) in [5.74, 6) is -1.23. The zero-order valence-electron chi connectivity index (χ0n) is 24.6. The van der Waals surface area contributed by atoms with Gasteiger partial charge in [-0.3, -0.25) is 4.79 Å². The number of carbonyl (C=O) groups is 2. The van der Waals surface area contributed by atoms with E-state index in [-0.39, 0.29) is 11.3 Å². The van der Waals surface area contributed by atoms with E-state index in [0.717, 1.165) is 11.6 Å². The molecule has 0 bridgehead atoms. The summed E-state index contributed by atoms with van der Waals surface area (Å²) in [4.78, 5) is 43.7. The second kappa shape index (κ2) is 13.7. The minimum absolute atomic E-state index is 0.0536. The van der Waals surface area contributed by atoms with Gasteiger partial charge in [0, 0.05) is 48.7 Å². The molecule has 6 rings (SSSR count). The molecule has 3 amide bonds. The zero-order valence-corrected chi connectivity index (χ0v) is 24.6. The lowest BCUT2D eigenvalue weighted by atomic mass is 10.1. The topological polar surface area (TPSA) is 160 Å². The lowest BCUT2D eigenvalue weighted by Gasteiger charge is -2.30. The smallest absolute Gasteiger partial charge is 0.323 e. The van der Waals surface area contributed by atoms with Gasteiger partial charge in [0.25, 0.3) is 5.91 Å². The normalized spacial score (nSPS) is 14.9. The van der Waals surface area contributed by atoms with E-state index in [0.29, 0.717) is 81.7 Å². The number of nitrogen functional groups attached to an aromatic ring is 1. The average molecular weight is 632 g/mol. The van der Waals surface area contributed by atoms with E-state index in [1.165, 1.54) is 30.3 Å². The first-order chi connectivity index (χ1) is 22.3. The second-order valence-electron chi connectivity index (χ2n) is 10.5. The monoisotopic (exact) mass is 631 g/mol. The lowest BCUT2D eigenvalue weighted by molar-refractivity contribution is 0.102. The van der Waals surface area contributed by atoms with Crippen molar-refractivity contribution in [1.29, 1.82) is 0 Å². The summed E-state index contributed by atoms with van der Waals surface area (Å²) in [5.41, 5.74) is 6.95. The van der Waals surface area contributed by atoms with Gasteiger partial charge in [0.2, 0.25) is 11.9 Å². The maximum Gasteiger partial charge on any atom is 0.323 e. The molecular weight excluding hydrogens is 600 g/mol. The molecule has 5 N–H and O–H groups in total. The van der Waals surface area contributed by atoms with Crippen LogP contribution in [-0.2, 0) is 9.47 Å². The maximum atomic E-state index is 13.7. The average Bonchev–Trinajstić information content (AvgIpc) is 3.09. The Kier molecular flexibility index (Phi) is 9.12. The van der Waals surface area contributed by atoms with Gasteiger partial charge in [0.15, 0.2) is 17.5 Å². The van der Waals surface area contributed by atoms with Crippen molar-refractivity contribution in [3.8, 4) is 11.4 Å².